The molecule has 0 spiro atoms. The molecule has 11 heavy (non-hydrogen) atoms. The molecule has 0 aliphatic heterocycles. The Hall–Kier alpha value is -0.370. The molecule has 0 rings (SSSR count). The van der Waals surface area contributed by atoms with Crippen molar-refractivity contribution < 1.29 is 9.53 Å². The molecule has 2 unspecified atom stereocenters. The Morgan fingerprint density at radius 1 is 1.36 bits per heavy atom. The first-order chi connectivity index (χ1) is 5.07. The fourth-order valence-corrected chi connectivity index (χ4v) is 1.08. The largest absolute Gasteiger partial charge is 0.384 e. The van der Waals surface area contributed by atoms with Gasteiger partial charge in [-0.2, -0.15) is 0 Å². The van der Waals surface area contributed by atoms with Crippen LogP contribution in [0.1, 0.15) is 27.2 Å². The van der Waals surface area contributed by atoms with Crippen molar-refractivity contribution in [1.29, 1.82) is 0 Å². The summed E-state index contributed by atoms with van der Waals surface area (Å²) < 4.78 is 5.00. The molecule has 0 saturated heterocycles. The van der Waals surface area contributed by atoms with Gasteiger partial charge in [-0.05, 0) is 18.8 Å². The minimum atomic E-state index is 0.264. The quantitative estimate of drug-likeness (QED) is 0.610. The molecule has 0 radical (unpaired) electrons. The van der Waals surface area contributed by atoms with Crippen LogP contribution in [0.3, 0.4) is 0 Å². The summed E-state index contributed by atoms with van der Waals surface area (Å²) >= 11 is 0. The molecule has 0 bridgehead atoms. The average molecular weight is 158 g/mol. The Labute approximate surface area is 68.9 Å². The van der Waals surface area contributed by atoms with Crippen LogP contribution in [-0.4, -0.2) is 19.5 Å². The number of carbonyl (C=O) groups is 1. The van der Waals surface area contributed by atoms with Crippen molar-refractivity contribution in [2.24, 2.45) is 11.8 Å². The predicted molar refractivity (Wildman–Crippen MR) is 45.5 cm³/mol. The van der Waals surface area contributed by atoms with Gasteiger partial charge in [0.1, 0.15) is 5.78 Å². The number of carbonyl (C=O) groups excluding carboxylic acids is 1. The summed E-state index contributed by atoms with van der Waals surface area (Å²) in [6.07, 6.45) is 0.671. The van der Waals surface area contributed by atoms with Crippen LogP contribution in [0.2, 0.25) is 0 Å². The van der Waals surface area contributed by atoms with Crippen molar-refractivity contribution in [3.63, 3.8) is 0 Å². The monoisotopic (exact) mass is 158 g/mol. The van der Waals surface area contributed by atoms with Crippen LogP contribution in [0.25, 0.3) is 0 Å². The summed E-state index contributed by atoms with van der Waals surface area (Å²) in [7, 11) is 1.69. The molecule has 2 atom stereocenters. The Bertz CT molecular complexity index is 121. The number of hydrogen-bond donors (Lipinski definition) is 0. The van der Waals surface area contributed by atoms with E-state index in [0.717, 1.165) is 6.61 Å². The zero-order valence-corrected chi connectivity index (χ0v) is 7.89. The summed E-state index contributed by atoms with van der Waals surface area (Å²) in [5.74, 6) is 1.18. The van der Waals surface area contributed by atoms with Crippen LogP contribution in [0.4, 0.5) is 0 Å². The van der Waals surface area contributed by atoms with Gasteiger partial charge in [-0.15, -0.1) is 0 Å². The van der Waals surface area contributed by atoms with E-state index in [1.807, 2.05) is 0 Å². The SMILES string of the molecule is COCC(C)C(C)CC(C)=O. The zero-order chi connectivity index (χ0) is 8.85. The lowest BCUT2D eigenvalue weighted by Gasteiger charge is -2.17. The van der Waals surface area contributed by atoms with Crippen molar-refractivity contribution in [1.82, 2.24) is 0 Å². The van der Waals surface area contributed by atoms with E-state index in [-0.39, 0.29) is 5.78 Å². The number of methoxy groups -OCH3 is 1. The maximum absolute atomic E-state index is 10.7. The standard InChI is InChI=1S/C9H18O2/c1-7(5-9(3)10)8(2)6-11-4/h7-8H,5-6H2,1-4H3. The third kappa shape index (κ3) is 4.96. The Balaban J connectivity index is 3.63. The molecule has 0 aromatic rings. The third-order valence-corrected chi connectivity index (χ3v) is 2.01. The van der Waals surface area contributed by atoms with E-state index < -0.39 is 0 Å². The minimum Gasteiger partial charge on any atom is -0.384 e. The van der Waals surface area contributed by atoms with Gasteiger partial charge >= 0.3 is 0 Å². The molecule has 0 saturated carbocycles. The van der Waals surface area contributed by atoms with Crippen LogP contribution in [-0.2, 0) is 9.53 Å². The van der Waals surface area contributed by atoms with Gasteiger partial charge in [-0.3, -0.25) is 0 Å². The molecule has 0 fully saturated rings. The predicted octanol–water partition coefficient (Wildman–Crippen LogP) is 1.88. The van der Waals surface area contributed by atoms with E-state index in [1.165, 1.54) is 0 Å². The second-order valence-corrected chi connectivity index (χ2v) is 3.32. The van der Waals surface area contributed by atoms with E-state index in [2.05, 4.69) is 13.8 Å². The van der Waals surface area contributed by atoms with E-state index in [4.69, 9.17) is 4.74 Å². The molecule has 0 aliphatic carbocycles. The highest BCUT2D eigenvalue weighted by Crippen LogP contribution is 2.14. The van der Waals surface area contributed by atoms with Gasteiger partial charge in [0.05, 0.1) is 0 Å². The third-order valence-electron chi connectivity index (χ3n) is 2.01. The van der Waals surface area contributed by atoms with Crippen LogP contribution in [0.15, 0.2) is 0 Å². The minimum absolute atomic E-state index is 0.264. The molecule has 0 aromatic heterocycles. The fraction of sp³-hybridized carbons (Fsp3) is 0.889. The van der Waals surface area contributed by atoms with Gasteiger partial charge < -0.3 is 9.53 Å². The summed E-state index contributed by atoms with van der Waals surface area (Å²) in [6, 6.07) is 0. The number of rotatable bonds is 5. The fourth-order valence-electron chi connectivity index (χ4n) is 1.08. The van der Waals surface area contributed by atoms with Crippen LogP contribution in [0.5, 0.6) is 0 Å². The first-order valence-electron chi connectivity index (χ1n) is 4.06. The first kappa shape index (κ1) is 10.6. The summed E-state index contributed by atoms with van der Waals surface area (Å²) in [4.78, 5) is 10.7. The van der Waals surface area contributed by atoms with Crippen molar-refractivity contribution >= 4 is 5.78 Å². The van der Waals surface area contributed by atoms with Crippen LogP contribution in [0, 0.1) is 11.8 Å². The maximum Gasteiger partial charge on any atom is 0.130 e. The molecule has 2 heteroatoms. The van der Waals surface area contributed by atoms with Gasteiger partial charge in [-0.25, -0.2) is 0 Å². The summed E-state index contributed by atoms with van der Waals surface area (Å²) in [5, 5.41) is 0. The normalized spacial score (nSPS) is 16.0. The molecule has 0 heterocycles. The highest BCUT2D eigenvalue weighted by molar-refractivity contribution is 5.75. The number of ether oxygens (including phenoxy) is 1. The second kappa shape index (κ2) is 5.30. The van der Waals surface area contributed by atoms with E-state index in [0.29, 0.717) is 18.3 Å². The molecule has 0 aliphatic rings. The number of hydrogen-bond acceptors (Lipinski definition) is 2. The molecule has 0 amide bonds. The van der Waals surface area contributed by atoms with Gasteiger partial charge in [0.15, 0.2) is 0 Å². The smallest absolute Gasteiger partial charge is 0.130 e. The lowest BCUT2D eigenvalue weighted by atomic mass is 9.92. The van der Waals surface area contributed by atoms with Crippen molar-refractivity contribution in [3.8, 4) is 0 Å². The maximum atomic E-state index is 10.7. The van der Waals surface area contributed by atoms with Gasteiger partial charge in [-0.1, -0.05) is 13.8 Å². The van der Waals surface area contributed by atoms with Gasteiger partial charge in [0, 0.05) is 20.1 Å². The second-order valence-electron chi connectivity index (χ2n) is 3.32. The topological polar surface area (TPSA) is 26.3 Å². The van der Waals surface area contributed by atoms with E-state index in [9.17, 15) is 4.79 Å². The highest BCUT2D eigenvalue weighted by Gasteiger charge is 2.13. The Morgan fingerprint density at radius 3 is 2.27 bits per heavy atom. The lowest BCUT2D eigenvalue weighted by Crippen LogP contribution is -2.16. The summed E-state index contributed by atoms with van der Waals surface area (Å²) in [6.45, 7) is 6.58. The van der Waals surface area contributed by atoms with Gasteiger partial charge in [0.25, 0.3) is 0 Å². The molecule has 0 aromatic carbocycles. The zero-order valence-electron chi connectivity index (χ0n) is 7.89. The molecular formula is C9H18O2. The average Bonchev–Trinajstić information content (AvgIpc) is 1.86. The van der Waals surface area contributed by atoms with Gasteiger partial charge in [0.2, 0.25) is 0 Å². The Morgan fingerprint density at radius 2 is 1.91 bits per heavy atom. The summed E-state index contributed by atoms with van der Waals surface area (Å²) in [5.41, 5.74) is 0. The van der Waals surface area contributed by atoms with E-state index in [1.54, 1.807) is 14.0 Å². The first-order valence-corrected chi connectivity index (χ1v) is 4.06. The molecule has 66 valence electrons. The Kier molecular flexibility index (Phi) is 5.12. The number of ketones is 1. The highest BCUT2D eigenvalue weighted by atomic mass is 16.5. The molecule has 0 N–H and O–H groups in total. The van der Waals surface area contributed by atoms with Crippen molar-refractivity contribution in [2.45, 2.75) is 27.2 Å². The lowest BCUT2D eigenvalue weighted by molar-refractivity contribution is -0.118. The van der Waals surface area contributed by atoms with Crippen molar-refractivity contribution in [2.75, 3.05) is 13.7 Å². The molecule has 2 nitrogen and oxygen atoms in total. The van der Waals surface area contributed by atoms with Crippen LogP contribution >= 0.6 is 0 Å². The number of Topliss-reactive ketones (excluding diaryl/α,β-unsaturated/α-hetero) is 1. The van der Waals surface area contributed by atoms with Crippen molar-refractivity contribution in [3.05, 3.63) is 0 Å². The van der Waals surface area contributed by atoms with Crippen LogP contribution < -0.4 is 0 Å². The molecular weight excluding hydrogens is 140 g/mol. The van der Waals surface area contributed by atoms with E-state index >= 15 is 0 Å².